The first-order valence-electron chi connectivity index (χ1n) is 10.7. The molecule has 1 N–H and O–H groups in total. The number of carbonyl (C=O) groups excluding carboxylic acids is 1. The fourth-order valence-electron chi connectivity index (χ4n) is 2.64. The summed E-state index contributed by atoms with van der Waals surface area (Å²) in [7, 11) is -5.17. The molecule has 0 amide bonds. The maximum absolute atomic E-state index is 10.2. The molecule has 0 aliphatic heterocycles. The van der Waals surface area contributed by atoms with Crippen molar-refractivity contribution in [2.45, 2.75) is 117 Å². The molecule has 28 heavy (non-hydrogen) atoms. The molecular formula is C20H41O7S-3. The zero-order valence-corrected chi connectivity index (χ0v) is 18.6. The summed E-state index contributed by atoms with van der Waals surface area (Å²) in [5, 5.41) is 17.8. The average Bonchev–Trinajstić information content (AvgIpc) is 2.57. The number of aliphatic carboxylic acids is 1. The summed E-state index contributed by atoms with van der Waals surface area (Å²) in [6, 6.07) is 0. The van der Waals surface area contributed by atoms with E-state index in [1.165, 1.54) is 83.5 Å². The lowest BCUT2D eigenvalue weighted by Gasteiger charge is -2.06. The molecule has 0 spiro atoms. The van der Waals surface area contributed by atoms with Gasteiger partial charge in [0, 0.05) is 23.0 Å². The molecule has 7 nitrogen and oxygen atoms in total. The van der Waals surface area contributed by atoms with E-state index in [1.807, 2.05) is 0 Å². The van der Waals surface area contributed by atoms with Gasteiger partial charge in [0.2, 0.25) is 0 Å². The first-order valence-corrected chi connectivity index (χ1v) is 12.0. The summed E-state index contributed by atoms with van der Waals surface area (Å²) in [6.45, 7) is 4.20. The minimum Gasteiger partial charge on any atom is -0.759 e. The Kier molecular flexibility index (Phi) is 30.0. The normalized spacial score (nSPS) is 10.5. The molecular weight excluding hydrogens is 384 g/mol. The number of unbranched alkanes of at least 4 members (excludes halogenated alkanes) is 14. The first-order chi connectivity index (χ1) is 13.2. The van der Waals surface area contributed by atoms with E-state index in [9.17, 15) is 9.90 Å². The summed E-state index contributed by atoms with van der Waals surface area (Å²) in [4.78, 5) is 10.2. The van der Waals surface area contributed by atoms with Crippen molar-refractivity contribution in [3.63, 3.8) is 0 Å². The third-order valence-electron chi connectivity index (χ3n) is 3.98. The average molecular weight is 426 g/mol. The van der Waals surface area contributed by atoms with Crippen LogP contribution in [0.15, 0.2) is 0 Å². The molecule has 0 rings (SSSR count). The first kappa shape index (κ1) is 32.0. The van der Waals surface area contributed by atoms with E-state index in [0.717, 1.165) is 12.8 Å². The number of hydrogen-bond acceptors (Lipinski definition) is 7. The lowest BCUT2D eigenvalue weighted by Crippen LogP contribution is -2.21. The van der Waals surface area contributed by atoms with E-state index in [1.54, 1.807) is 6.92 Å². The molecule has 0 aromatic heterocycles. The van der Waals surface area contributed by atoms with E-state index >= 15 is 0 Å². The number of carboxylic acid groups (broad SMARTS) is 1. The number of carboxylic acids is 1. The molecule has 0 atom stereocenters. The van der Waals surface area contributed by atoms with Crippen LogP contribution in [0, 0.1) is 0 Å². The van der Waals surface area contributed by atoms with Gasteiger partial charge in [0.25, 0.3) is 0 Å². The summed E-state index contributed by atoms with van der Waals surface area (Å²) >= 11 is 0. The van der Waals surface area contributed by atoms with Gasteiger partial charge in [0.15, 0.2) is 0 Å². The molecule has 172 valence electrons. The van der Waals surface area contributed by atoms with Gasteiger partial charge in [-0.1, -0.05) is 96.8 Å². The Labute approximate surface area is 172 Å². The smallest absolute Gasteiger partial charge is 0.0414 e. The largest absolute Gasteiger partial charge is 0.759 e. The molecule has 0 radical (unpaired) electrons. The number of rotatable bonds is 16. The van der Waals surface area contributed by atoms with Crippen LogP contribution in [0.3, 0.4) is 0 Å². The van der Waals surface area contributed by atoms with Crippen LogP contribution < -0.4 is 5.11 Å². The quantitative estimate of drug-likeness (QED) is 0.226. The Balaban J connectivity index is -0.000000657. The SMILES string of the molecule is CCCCCCCCCCCCCCCCCC(=O)[O-].CCO.O=S(=O)([O-])[O-]. The second-order valence-corrected chi connectivity index (χ2v) is 7.61. The number of hydrogen-bond donors (Lipinski definition) is 1. The summed E-state index contributed by atoms with van der Waals surface area (Å²) in [5.74, 6) is -0.903. The fraction of sp³-hybridized carbons (Fsp3) is 0.950. The summed E-state index contributed by atoms with van der Waals surface area (Å²) in [6.07, 6.45) is 19.9. The van der Waals surface area contributed by atoms with Crippen molar-refractivity contribution in [3.05, 3.63) is 0 Å². The number of aliphatic hydroxyl groups excluding tert-OH is 1. The van der Waals surface area contributed by atoms with Gasteiger partial charge in [0.1, 0.15) is 0 Å². The zero-order valence-electron chi connectivity index (χ0n) is 17.8. The van der Waals surface area contributed by atoms with Crippen molar-refractivity contribution in [3.8, 4) is 0 Å². The summed E-state index contributed by atoms with van der Waals surface area (Å²) in [5.41, 5.74) is 0. The molecule has 0 aliphatic rings. The van der Waals surface area contributed by atoms with Crippen molar-refractivity contribution in [2.24, 2.45) is 0 Å². The highest BCUT2D eigenvalue weighted by molar-refractivity contribution is 7.79. The Morgan fingerprint density at radius 3 is 1.11 bits per heavy atom. The van der Waals surface area contributed by atoms with Gasteiger partial charge in [-0.3, -0.25) is 8.42 Å². The van der Waals surface area contributed by atoms with Crippen LogP contribution in [0.2, 0.25) is 0 Å². The molecule has 0 bridgehead atoms. The third-order valence-corrected chi connectivity index (χ3v) is 3.98. The minimum absolute atomic E-state index is 0.234. The van der Waals surface area contributed by atoms with E-state index in [0.29, 0.717) is 0 Å². The van der Waals surface area contributed by atoms with Crippen molar-refractivity contribution in [2.75, 3.05) is 6.61 Å². The van der Waals surface area contributed by atoms with Crippen LogP contribution in [-0.2, 0) is 15.2 Å². The zero-order chi connectivity index (χ0) is 22.1. The molecule has 8 heteroatoms. The number of aliphatic hydroxyl groups is 1. The van der Waals surface area contributed by atoms with Gasteiger partial charge in [-0.15, -0.1) is 0 Å². The minimum atomic E-state index is -5.17. The highest BCUT2D eigenvalue weighted by atomic mass is 32.3. The van der Waals surface area contributed by atoms with Gasteiger partial charge < -0.3 is 24.1 Å². The molecule has 0 fully saturated rings. The Hall–Kier alpha value is -0.700. The molecule has 0 heterocycles. The Morgan fingerprint density at radius 1 is 0.679 bits per heavy atom. The summed E-state index contributed by atoms with van der Waals surface area (Å²) < 4.78 is 34.1. The van der Waals surface area contributed by atoms with Crippen molar-refractivity contribution >= 4 is 16.4 Å². The van der Waals surface area contributed by atoms with Crippen LogP contribution >= 0.6 is 0 Å². The standard InChI is InChI=1S/C18H36O2.C2H6O.H2O4S/c1-2-3-4-5-6-7-8-9-10-11-12-13-14-15-16-17-18(19)20;1-2-3;1-5(2,3)4/h2-17H2,1H3,(H,19,20);3H,2H2,1H3;(H2,1,2,3,4)/p-3. The van der Waals surface area contributed by atoms with Crippen molar-refractivity contribution in [1.82, 2.24) is 0 Å². The van der Waals surface area contributed by atoms with Gasteiger partial charge in [-0.2, -0.15) is 0 Å². The highest BCUT2D eigenvalue weighted by Gasteiger charge is 1.94. The fourth-order valence-corrected chi connectivity index (χ4v) is 2.64. The second kappa shape index (κ2) is 26.3. The highest BCUT2D eigenvalue weighted by Crippen LogP contribution is 2.13. The van der Waals surface area contributed by atoms with E-state index in [4.69, 9.17) is 22.6 Å². The predicted molar refractivity (Wildman–Crippen MR) is 108 cm³/mol. The molecule has 0 aliphatic carbocycles. The Morgan fingerprint density at radius 2 is 0.893 bits per heavy atom. The maximum Gasteiger partial charge on any atom is 0.0414 e. The lowest BCUT2D eigenvalue weighted by atomic mass is 10.0. The van der Waals surface area contributed by atoms with Crippen LogP contribution in [-0.4, -0.2) is 35.2 Å². The lowest BCUT2D eigenvalue weighted by molar-refractivity contribution is -0.305. The predicted octanol–water partition coefficient (Wildman–Crippen LogP) is 3.66. The van der Waals surface area contributed by atoms with Crippen LogP contribution in [0.25, 0.3) is 0 Å². The van der Waals surface area contributed by atoms with Gasteiger partial charge >= 0.3 is 0 Å². The number of carbonyl (C=O) groups is 1. The van der Waals surface area contributed by atoms with E-state index < -0.39 is 16.4 Å². The van der Waals surface area contributed by atoms with Gasteiger partial charge in [-0.25, -0.2) is 0 Å². The van der Waals surface area contributed by atoms with Crippen LogP contribution in [0.4, 0.5) is 0 Å². The monoisotopic (exact) mass is 425 g/mol. The van der Waals surface area contributed by atoms with E-state index in [-0.39, 0.29) is 13.0 Å². The maximum atomic E-state index is 10.2. The second-order valence-electron chi connectivity index (χ2n) is 6.80. The van der Waals surface area contributed by atoms with Crippen LogP contribution in [0.1, 0.15) is 117 Å². The van der Waals surface area contributed by atoms with Gasteiger partial charge in [0.05, 0.1) is 0 Å². The molecule has 0 aromatic carbocycles. The molecule has 0 unspecified atom stereocenters. The van der Waals surface area contributed by atoms with Gasteiger partial charge in [-0.05, 0) is 19.8 Å². The Bertz CT molecular complexity index is 389. The third kappa shape index (κ3) is 56.2. The molecule has 0 aromatic rings. The molecule has 0 saturated heterocycles. The van der Waals surface area contributed by atoms with Crippen molar-refractivity contribution < 1.29 is 32.5 Å². The topological polar surface area (TPSA) is 141 Å². The molecule has 0 saturated carbocycles. The van der Waals surface area contributed by atoms with Crippen molar-refractivity contribution in [1.29, 1.82) is 0 Å². The van der Waals surface area contributed by atoms with Crippen LogP contribution in [0.5, 0.6) is 0 Å². The van der Waals surface area contributed by atoms with E-state index in [2.05, 4.69) is 6.92 Å².